The van der Waals surface area contributed by atoms with E-state index < -0.39 is 0 Å². The Morgan fingerprint density at radius 2 is 2.19 bits per heavy atom. The predicted octanol–water partition coefficient (Wildman–Crippen LogP) is 3.22. The van der Waals surface area contributed by atoms with Gasteiger partial charge in [-0.05, 0) is 36.4 Å². The van der Waals surface area contributed by atoms with Crippen molar-refractivity contribution >= 4 is 17.3 Å². The van der Waals surface area contributed by atoms with E-state index in [1.165, 1.54) is 7.11 Å². The van der Waals surface area contributed by atoms with Crippen molar-refractivity contribution in [3.05, 3.63) is 47.4 Å². The average molecular weight is 372 g/mol. The molecular formula is C18H20N4O3S. The molecule has 1 fully saturated rings. The molecule has 0 saturated carbocycles. The van der Waals surface area contributed by atoms with Crippen LogP contribution in [-0.2, 0) is 11.3 Å². The van der Waals surface area contributed by atoms with E-state index in [9.17, 15) is 4.79 Å². The molecule has 1 saturated heterocycles. The Balaban J connectivity index is 1.36. The van der Waals surface area contributed by atoms with E-state index in [2.05, 4.69) is 15.0 Å². The van der Waals surface area contributed by atoms with Gasteiger partial charge in [-0.2, -0.15) is 4.98 Å². The van der Waals surface area contributed by atoms with Crippen LogP contribution >= 0.6 is 11.3 Å². The topological polar surface area (TPSA) is 73.4 Å². The zero-order valence-electron chi connectivity index (χ0n) is 14.5. The largest absolute Gasteiger partial charge is 0.464 e. The number of ether oxygens (including phenoxy) is 1. The highest BCUT2D eigenvalue weighted by Gasteiger charge is 2.25. The molecule has 0 spiro atoms. The second-order valence-electron chi connectivity index (χ2n) is 6.29. The SMILES string of the molecule is COC(=O)c1cccn1C1CCN(Cc2nc(-c3cccs3)no2)CC1. The Kier molecular flexibility index (Phi) is 4.85. The van der Waals surface area contributed by atoms with E-state index in [-0.39, 0.29) is 5.97 Å². The lowest BCUT2D eigenvalue weighted by Crippen LogP contribution is -2.34. The number of hydrogen-bond acceptors (Lipinski definition) is 7. The summed E-state index contributed by atoms with van der Waals surface area (Å²) < 4.78 is 12.3. The summed E-state index contributed by atoms with van der Waals surface area (Å²) in [6.45, 7) is 2.49. The second kappa shape index (κ2) is 7.43. The molecule has 3 aromatic rings. The lowest BCUT2D eigenvalue weighted by molar-refractivity contribution is 0.0581. The van der Waals surface area contributed by atoms with Gasteiger partial charge in [-0.25, -0.2) is 4.79 Å². The molecule has 8 heteroatoms. The summed E-state index contributed by atoms with van der Waals surface area (Å²) in [7, 11) is 1.41. The monoisotopic (exact) mass is 372 g/mol. The molecule has 4 heterocycles. The maximum atomic E-state index is 11.9. The quantitative estimate of drug-likeness (QED) is 0.640. The summed E-state index contributed by atoms with van der Waals surface area (Å²) in [5.74, 6) is 1.01. The first-order valence-corrected chi connectivity index (χ1v) is 9.46. The third-order valence-corrected chi connectivity index (χ3v) is 5.56. The highest BCUT2D eigenvalue weighted by molar-refractivity contribution is 7.13. The molecule has 0 unspecified atom stereocenters. The maximum Gasteiger partial charge on any atom is 0.354 e. The van der Waals surface area contributed by atoms with Crippen molar-refractivity contribution in [2.75, 3.05) is 20.2 Å². The average Bonchev–Trinajstić information content (AvgIpc) is 3.42. The van der Waals surface area contributed by atoms with Crippen LogP contribution in [0.5, 0.6) is 0 Å². The molecule has 1 aliphatic rings. The van der Waals surface area contributed by atoms with Crippen molar-refractivity contribution in [3.63, 3.8) is 0 Å². The molecule has 136 valence electrons. The first-order chi connectivity index (χ1) is 12.7. The number of aromatic nitrogens is 3. The number of hydrogen-bond donors (Lipinski definition) is 0. The number of rotatable bonds is 5. The third-order valence-electron chi connectivity index (χ3n) is 4.69. The molecule has 0 aromatic carbocycles. The molecule has 0 radical (unpaired) electrons. The van der Waals surface area contributed by atoms with E-state index in [1.807, 2.05) is 40.4 Å². The minimum absolute atomic E-state index is 0.288. The number of esters is 1. The Labute approximate surface area is 155 Å². The zero-order chi connectivity index (χ0) is 17.9. The van der Waals surface area contributed by atoms with Crippen molar-refractivity contribution in [2.24, 2.45) is 0 Å². The highest BCUT2D eigenvalue weighted by atomic mass is 32.1. The number of carbonyl (C=O) groups is 1. The predicted molar refractivity (Wildman–Crippen MR) is 96.9 cm³/mol. The number of piperidine rings is 1. The van der Waals surface area contributed by atoms with Crippen molar-refractivity contribution in [1.82, 2.24) is 19.6 Å². The second-order valence-corrected chi connectivity index (χ2v) is 7.24. The molecule has 1 aliphatic heterocycles. The van der Waals surface area contributed by atoms with E-state index >= 15 is 0 Å². The lowest BCUT2D eigenvalue weighted by Gasteiger charge is -2.32. The van der Waals surface area contributed by atoms with E-state index in [1.54, 1.807) is 11.3 Å². The summed E-state index contributed by atoms with van der Waals surface area (Å²) in [5, 5.41) is 6.06. The van der Waals surface area contributed by atoms with Gasteiger partial charge in [0.05, 0.1) is 18.5 Å². The van der Waals surface area contributed by atoms with Gasteiger partial charge >= 0.3 is 5.97 Å². The molecule has 4 rings (SSSR count). The fourth-order valence-corrected chi connectivity index (χ4v) is 4.01. The van der Waals surface area contributed by atoms with Gasteiger partial charge < -0.3 is 13.8 Å². The van der Waals surface area contributed by atoms with Gasteiger partial charge in [0.2, 0.25) is 11.7 Å². The van der Waals surface area contributed by atoms with Crippen LogP contribution in [0.3, 0.4) is 0 Å². The van der Waals surface area contributed by atoms with Crippen LogP contribution in [0.4, 0.5) is 0 Å². The summed E-state index contributed by atoms with van der Waals surface area (Å²) in [4.78, 5) is 19.7. The van der Waals surface area contributed by atoms with Crippen molar-refractivity contribution in [1.29, 1.82) is 0 Å². The van der Waals surface area contributed by atoms with E-state index in [0.29, 0.717) is 30.0 Å². The Morgan fingerprint density at radius 3 is 2.92 bits per heavy atom. The van der Waals surface area contributed by atoms with Crippen LogP contribution in [0.15, 0.2) is 40.4 Å². The Hall–Kier alpha value is -2.45. The Bertz CT molecular complexity index is 863. The lowest BCUT2D eigenvalue weighted by atomic mass is 10.0. The number of nitrogens with zero attached hydrogens (tertiary/aromatic N) is 4. The molecule has 0 atom stereocenters. The first kappa shape index (κ1) is 17.0. The number of thiophene rings is 1. The van der Waals surface area contributed by atoms with Gasteiger partial charge in [0.15, 0.2) is 0 Å². The zero-order valence-corrected chi connectivity index (χ0v) is 15.3. The summed E-state index contributed by atoms with van der Waals surface area (Å²) >= 11 is 1.60. The van der Waals surface area contributed by atoms with Gasteiger partial charge in [-0.3, -0.25) is 4.90 Å². The third kappa shape index (κ3) is 3.42. The van der Waals surface area contributed by atoms with Crippen LogP contribution in [0, 0.1) is 0 Å². The smallest absolute Gasteiger partial charge is 0.354 e. The van der Waals surface area contributed by atoms with E-state index in [4.69, 9.17) is 9.26 Å². The van der Waals surface area contributed by atoms with Gasteiger partial charge in [-0.1, -0.05) is 11.2 Å². The summed E-state index contributed by atoms with van der Waals surface area (Å²) in [6.07, 6.45) is 3.88. The standard InChI is InChI=1S/C18H20N4O3S/c1-24-18(23)14-4-2-8-22(14)13-6-9-21(10-7-13)12-16-19-17(20-25-16)15-5-3-11-26-15/h2-5,8,11,13H,6-7,9-10,12H2,1H3. The fourth-order valence-electron chi connectivity index (χ4n) is 3.36. The van der Waals surface area contributed by atoms with Crippen molar-refractivity contribution < 1.29 is 14.1 Å². The van der Waals surface area contributed by atoms with Gasteiger partial charge in [0, 0.05) is 25.3 Å². The molecule has 0 bridgehead atoms. The van der Waals surface area contributed by atoms with Crippen LogP contribution in [0.2, 0.25) is 0 Å². The van der Waals surface area contributed by atoms with Gasteiger partial charge in [-0.15, -0.1) is 11.3 Å². The highest BCUT2D eigenvalue weighted by Crippen LogP contribution is 2.26. The summed E-state index contributed by atoms with van der Waals surface area (Å²) in [5.41, 5.74) is 0.614. The molecule has 26 heavy (non-hydrogen) atoms. The molecule has 0 aliphatic carbocycles. The van der Waals surface area contributed by atoms with Crippen molar-refractivity contribution in [3.8, 4) is 10.7 Å². The minimum Gasteiger partial charge on any atom is -0.464 e. The van der Waals surface area contributed by atoms with Crippen LogP contribution in [0.1, 0.15) is 35.3 Å². The number of carbonyl (C=O) groups excluding carboxylic acids is 1. The number of methoxy groups -OCH3 is 1. The van der Waals surface area contributed by atoms with Gasteiger partial charge in [0.1, 0.15) is 5.69 Å². The first-order valence-electron chi connectivity index (χ1n) is 8.58. The Morgan fingerprint density at radius 1 is 1.35 bits per heavy atom. The van der Waals surface area contributed by atoms with Crippen molar-refractivity contribution in [2.45, 2.75) is 25.4 Å². The molecule has 7 nitrogen and oxygen atoms in total. The molecule has 3 aromatic heterocycles. The van der Waals surface area contributed by atoms with Crippen LogP contribution in [-0.4, -0.2) is 45.8 Å². The fraction of sp³-hybridized carbons (Fsp3) is 0.389. The molecule has 0 amide bonds. The molecule has 0 N–H and O–H groups in total. The summed E-state index contributed by atoms with van der Waals surface area (Å²) in [6, 6.07) is 7.97. The molecular weight excluding hydrogens is 352 g/mol. The maximum absolute atomic E-state index is 11.9. The van der Waals surface area contributed by atoms with Gasteiger partial charge in [0.25, 0.3) is 0 Å². The van der Waals surface area contributed by atoms with Crippen LogP contribution < -0.4 is 0 Å². The minimum atomic E-state index is -0.288. The number of likely N-dealkylation sites (tertiary alicyclic amines) is 1. The van der Waals surface area contributed by atoms with E-state index in [0.717, 1.165) is 30.8 Å². The normalized spacial score (nSPS) is 16.0. The van der Waals surface area contributed by atoms with Crippen LogP contribution in [0.25, 0.3) is 10.7 Å².